The van der Waals surface area contributed by atoms with Gasteiger partial charge in [0.15, 0.2) is 5.78 Å². The molecule has 1 N–H and O–H groups in total. The zero-order valence-electron chi connectivity index (χ0n) is 11.6. The normalized spacial score (nSPS) is 10.0. The monoisotopic (exact) mass is 286 g/mol. The Kier molecular flexibility index (Phi) is 4.23. The van der Waals surface area contributed by atoms with Crippen LogP contribution in [0.2, 0.25) is 0 Å². The molecule has 2 rings (SSSR count). The number of phenolic OH excluding ortho intramolecular Hbond substituents is 1. The Bertz CT molecular complexity index is 674. The second-order valence-electron chi connectivity index (χ2n) is 4.28. The summed E-state index contributed by atoms with van der Waals surface area (Å²) in [5.41, 5.74) is 1.06. The fourth-order valence-electron chi connectivity index (χ4n) is 1.89. The predicted molar refractivity (Wildman–Crippen MR) is 75.9 cm³/mol. The van der Waals surface area contributed by atoms with Crippen LogP contribution >= 0.6 is 0 Å². The maximum Gasteiger partial charge on any atom is 0.341 e. The number of aromatic hydroxyl groups is 1. The van der Waals surface area contributed by atoms with Crippen molar-refractivity contribution in [2.75, 3.05) is 14.2 Å². The van der Waals surface area contributed by atoms with Crippen LogP contribution in [0.3, 0.4) is 0 Å². The Morgan fingerprint density at radius 3 is 2.14 bits per heavy atom. The molecule has 0 amide bonds. The van der Waals surface area contributed by atoms with Crippen LogP contribution in [0, 0.1) is 0 Å². The first kappa shape index (κ1) is 14.6. The summed E-state index contributed by atoms with van der Waals surface area (Å²) in [5.74, 6) is -0.406. The van der Waals surface area contributed by atoms with Gasteiger partial charge in [-0.15, -0.1) is 0 Å². The molecule has 0 aliphatic heterocycles. The number of hydrogen-bond donors (Lipinski definition) is 1. The number of esters is 1. The van der Waals surface area contributed by atoms with Gasteiger partial charge in [-0.2, -0.15) is 0 Å². The first-order valence-electron chi connectivity index (χ1n) is 6.17. The van der Waals surface area contributed by atoms with Crippen LogP contribution < -0.4 is 4.74 Å². The molecule has 0 spiro atoms. The third kappa shape index (κ3) is 3.02. The third-order valence-corrected chi connectivity index (χ3v) is 3.00. The lowest BCUT2D eigenvalue weighted by atomic mass is 10.0. The number of carbonyl (C=O) groups is 2. The van der Waals surface area contributed by atoms with Gasteiger partial charge in [0.1, 0.15) is 17.1 Å². The number of ketones is 1. The minimum Gasteiger partial charge on any atom is -0.508 e. The van der Waals surface area contributed by atoms with E-state index in [4.69, 9.17) is 4.74 Å². The molecule has 0 aliphatic carbocycles. The zero-order chi connectivity index (χ0) is 15.4. The van der Waals surface area contributed by atoms with Gasteiger partial charge in [-0.1, -0.05) is 0 Å². The molecule has 2 aromatic rings. The van der Waals surface area contributed by atoms with Gasteiger partial charge in [0.25, 0.3) is 0 Å². The van der Waals surface area contributed by atoms with E-state index >= 15 is 0 Å². The molecule has 0 unspecified atom stereocenters. The number of ether oxygens (including phenoxy) is 2. The smallest absolute Gasteiger partial charge is 0.341 e. The van der Waals surface area contributed by atoms with E-state index in [1.807, 2.05) is 0 Å². The van der Waals surface area contributed by atoms with Gasteiger partial charge in [-0.25, -0.2) is 4.79 Å². The standard InChI is InChI=1S/C16H14O5/c1-20-14-9-11(5-8-13(14)16(19)21-2)15(18)10-3-6-12(17)7-4-10/h3-9,17H,1-2H3. The van der Waals surface area contributed by atoms with Crippen molar-refractivity contribution in [2.45, 2.75) is 0 Å². The Morgan fingerprint density at radius 1 is 0.952 bits per heavy atom. The molecule has 2 aromatic carbocycles. The summed E-state index contributed by atoms with van der Waals surface area (Å²) in [5, 5.41) is 9.23. The molecule has 108 valence electrons. The first-order chi connectivity index (χ1) is 10.1. The van der Waals surface area contributed by atoms with Crippen molar-refractivity contribution < 1.29 is 24.2 Å². The van der Waals surface area contributed by atoms with E-state index in [1.165, 1.54) is 56.7 Å². The van der Waals surface area contributed by atoms with Crippen LogP contribution in [-0.4, -0.2) is 31.1 Å². The molecule has 0 aliphatic rings. The van der Waals surface area contributed by atoms with E-state index in [-0.39, 0.29) is 22.8 Å². The zero-order valence-corrected chi connectivity index (χ0v) is 11.6. The molecule has 0 radical (unpaired) electrons. The summed E-state index contributed by atoms with van der Waals surface area (Å²) in [6.07, 6.45) is 0. The summed E-state index contributed by atoms with van der Waals surface area (Å²) in [4.78, 5) is 23.9. The lowest BCUT2D eigenvalue weighted by molar-refractivity contribution is 0.0596. The molecular weight excluding hydrogens is 272 g/mol. The van der Waals surface area contributed by atoms with Crippen LogP contribution in [-0.2, 0) is 4.74 Å². The molecule has 5 nitrogen and oxygen atoms in total. The highest BCUT2D eigenvalue weighted by atomic mass is 16.5. The molecule has 0 fully saturated rings. The highest BCUT2D eigenvalue weighted by Gasteiger charge is 2.16. The number of methoxy groups -OCH3 is 2. The van der Waals surface area contributed by atoms with Crippen LogP contribution in [0.1, 0.15) is 26.3 Å². The van der Waals surface area contributed by atoms with Crippen molar-refractivity contribution >= 4 is 11.8 Å². The summed E-state index contributed by atoms with van der Waals surface area (Å²) < 4.78 is 9.77. The van der Waals surface area contributed by atoms with E-state index in [1.54, 1.807) is 0 Å². The van der Waals surface area contributed by atoms with Crippen molar-refractivity contribution in [3.05, 3.63) is 59.2 Å². The minimum atomic E-state index is -0.532. The number of carbonyl (C=O) groups excluding carboxylic acids is 2. The van der Waals surface area contributed by atoms with E-state index in [2.05, 4.69) is 4.74 Å². The third-order valence-electron chi connectivity index (χ3n) is 3.00. The second kappa shape index (κ2) is 6.09. The highest BCUT2D eigenvalue weighted by Crippen LogP contribution is 2.23. The average Bonchev–Trinajstić information content (AvgIpc) is 2.53. The maximum atomic E-state index is 12.3. The Balaban J connectivity index is 2.38. The fraction of sp³-hybridized carbons (Fsp3) is 0.125. The minimum absolute atomic E-state index is 0.0881. The van der Waals surface area contributed by atoms with Crippen molar-refractivity contribution in [2.24, 2.45) is 0 Å². The average molecular weight is 286 g/mol. The molecule has 0 aromatic heterocycles. The molecular formula is C16H14O5. The molecule has 21 heavy (non-hydrogen) atoms. The molecule has 0 atom stereocenters. The van der Waals surface area contributed by atoms with Crippen LogP contribution in [0.4, 0.5) is 0 Å². The highest BCUT2D eigenvalue weighted by molar-refractivity contribution is 6.09. The topological polar surface area (TPSA) is 72.8 Å². The van der Waals surface area contributed by atoms with Crippen molar-refractivity contribution in [1.82, 2.24) is 0 Å². The van der Waals surface area contributed by atoms with Crippen molar-refractivity contribution in [1.29, 1.82) is 0 Å². The lowest BCUT2D eigenvalue weighted by Gasteiger charge is -2.09. The molecule has 0 saturated carbocycles. The van der Waals surface area contributed by atoms with Gasteiger partial charge in [-0.3, -0.25) is 4.79 Å². The Morgan fingerprint density at radius 2 is 1.57 bits per heavy atom. The van der Waals surface area contributed by atoms with Gasteiger partial charge in [0, 0.05) is 11.1 Å². The SMILES string of the molecule is COC(=O)c1ccc(C(=O)c2ccc(O)cc2)cc1OC. The van der Waals surface area contributed by atoms with Gasteiger partial charge < -0.3 is 14.6 Å². The molecule has 5 heteroatoms. The largest absolute Gasteiger partial charge is 0.508 e. The van der Waals surface area contributed by atoms with E-state index < -0.39 is 5.97 Å². The number of hydrogen-bond acceptors (Lipinski definition) is 5. The number of benzene rings is 2. The Labute approximate surface area is 121 Å². The second-order valence-corrected chi connectivity index (χ2v) is 4.28. The Hall–Kier alpha value is -2.82. The molecule has 0 saturated heterocycles. The van der Waals surface area contributed by atoms with Crippen molar-refractivity contribution in [3.8, 4) is 11.5 Å². The van der Waals surface area contributed by atoms with E-state index in [0.717, 1.165) is 0 Å². The van der Waals surface area contributed by atoms with Gasteiger partial charge in [0.05, 0.1) is 14.2 Å². The van der Waals surface area contributed by atoms with Crippen LogP contribution in [0.25, 0.3) is 0 Å². The number of rotatable bonds is 4. The summed E-state index contributed by atoms with van der Waals surface area (Å²) in [6.45, 7) is 0. The first-order valence-corrected chi connectivity index (χ1v) is 6.17. The van der Waals surface area contributed by atoms with Crippen molar-refractivity contribution in [3.63, 3.8) is 0 Å². The molecule has 0 bridgehead atoms. The van der Waals surface area contributed by atoms with Crippen LogP contribution in [0.15, 0.2) is 42.5 Å². The summed E-state index contributed by atoms with van der Waals surface area (Å²) in [7, 11) is 2.69. The number of phenols is 1. The van der Waals surface area contributed by atoms with Gasteiger partial charge >= 0.3 is 5.97 Å². The summed E-state index contributed by atoms with van der Waals surface area (Å²) in [6, 6.07) is 10.4. The lowest BCUT2D eigenvalue weighted by Crippen LogP contribution is -2.07. The fourth-order valence-corrected chi connectivity index (χ4v) is 1.89. The molecule has 0 heterocycles. The maximum absolute atomic E-state index is 12.3. The van der Waals surface area contributed by atoms with E-state index in [9.17, 15) is 14.7 Å². The van der Waals surface area contributed by atoms with Gasteiger partial charge in [-0.05, 0) is 42.5 Å². The summed E-state index contributed by atoms with van der Waals surface area (Å²) >= 11 is 0. The van der Waals surface area contributed by atoms with E-state index in [0.29, 0.717) is 11.1 Å². The quantitative estimate of drug-likeness (QED) is 0.690. The van der Waals surface area contributed by atoms with Gasteiger partial charge in [0.2, 0.25) is 0 Å². The van der Waals surface area contributed by atoms with Crippen LogP contribution in [0.5, 0.6) is 11.5 Å². The predicted octanol–water partition coefficient (Wildman–Crippen LogP) is 2.42.